The van der Waals surface area contributed by atoms with Crippen molar-refractivity contribution in [2.75, 3.05) is 6.54 Å². The lowest BCUT2D eigenvalue weighted by Gasteiger charge is -2.12. The number of aromatic nitrogens is 2. The lowest BCUT2D eigenvalue weighted by molar-refractivity contribution is -0.122. The lowest BCUT2D eigenvalue weighted by atomic mass is 10.3. The molecule has 1 aromatic heterocycles. The van der Waals surface area contributed by atoms with E-state index >= 15 is 0 Å². The van der Waals surface area contributed by atoms with Crippen LogP contribution in [0.5, 0.6) is 0 Å². The molecule has 1 aliphatic rings. The first-order chi connectivity index (χ1) is 9.02. The highest BCUT2D eigenvalue weighted by atomic mass is 32.1. The minimum Gasteiger partial charge on any atom is -0.328 e. The standard InChI is InChI=1S/C13H18N4OS/c1-4-5-6-17-12(18)11(14-13(17)19)8-10-7-9(2)16(3)15-10/h7-8H,4-6H2,1-3H3,(H,14,19). The smallest absolute Gasteiger partial charge is 0.276 e. The van der Waals surface area contributed by atoms with Crippen LogP contribution >= 0.6 is 12.2 Å². The third kappa shape index (κ3) is 2.84. The number of unbranched alkanes of at least 4 members (excludes halogenated alkanes) is 1. The molecule has 2 rings (SSSR count). The lowest BCUT2D eigenvalue weighted by Crippen LogP contribution is -2.31. The Morgan fingerprint density at radius 2 is 2.26 bits per heavy atom. The first-order valence-corrected chi connectivity index (χ1v) is 6.79. The molecule has 0 radical (unpaired) electrons. The summed E-state index contributed by atoms with van der Waals surface area (Å²) in [4.78, 5) is 13.8. The quantitative estimate of drug-likeness (QED) is 0.671. The van der Waals surface area contributed by atoms with E-state index in [-0.39, 0.29) is 5.91 Å². The second-order valence-electron chi connectivity index (χ2n) is 4.63. The van der Waals surface area contributed by atoms with Crippen LogP contribution in [0.15, 0.2) is 11.8 Å². The molecule has 0 aliphatic carbocycles. The van der Waals surface area contributed by atoms with Gasteiger partial charge in [-0.05, 0) is 37.7 Å². The summed E-state index contributed by atoms with van der Waals surface area (Å²) in [6.45, 7) is 4.72. The molecule has 0 saturated carbocycles. The maximum absolute atomic E-state index is 12.2. The molecule has 1 aliphatic heterocycles. The van der Waals surface area contributed by atoms with E-state index in [1.807, 2.05) is 20.0 Å². The second kappa shape index (κ2) is 5.52. The molecule has 6 heteroatoms. The Hall–Kier alpha value is -1.69. The monoisotopic (exact) mass is 278 g/mol. The normalized spacial score (nSPS) is 17.4. The van der Waals surface area contributed by atoms with E-state index in [1.54, 1.807) is 15.7 Å². The molecule has 1 fully saturated rings. The minimum absolute atomic E-state index is 0.0678. The van der Waals surface area contributed by atoms with Gasteiger partial charge in [0.15, 0.2) is 5.11 Å². The largest absolute Gasteiger partial charge is 0.328 e. The molecule has 102 valence electrons. The summed E-state index contributed by atoms with van der Waals surface area (Å²) < 4.78 is 1.78. The summed E-state index contributed by atoms with van der Waals surface area (Å²) in [7, 11) is 1.87. The third-order valence-electron chi connectivity index (χ3n) is 3.12. The van der Waals surface area contributed by atoms with Crippen LogP contribution in [0.1, 0.15) is 31.2 Å². The van der Waals surface area contributed by atoms with E-state index in [0.717, 1.165) is 24.2 Å². The van der Waals surface area contributed by atoms with Crippen molar-refractivity contribution in [3.05, 3.63) is 23.2 Å². The van der Waals surface area contributed by atoms with E-state index in [4.69, 9.17) is 12.2 Å². The highest BCUT2D eigenvalue weighted by Gasteiger charge is 2.30. The van der Waals surface area contributed by atoms with Gasteiger partial charge in [0.05, 0.1) is 5.69 Å². The van der Waals surface area contributed by atoms with E-state index in [9.17, 15) is 4.79 Å². The highest BCUT2D eigenvalue weighted by molar-refractivity contribution is 7.80. The van der Waals surface area contributed by atoms with Crippen molar-refractivity contribution in [2.24, 2.45) is 7.05 Å². The SMILES string of the molecule is CCCCN1C(=O)C(=Cc2cc(C)n(C)n2)NC1=S. The van der Waals surface area contributed by atoms with Gasteiger partial charge in [0, 0.05) is 19.3 Å². The van der Waals surface area contributed by atoms with Gasteiger partial charge in [-0.3, -0.25) is 14.4 Å². The van der Waals surface area contributed by atoms with Gasteiger partial charge in [-0.15, -0.1) is 0 Å². The zero-order valence-corrected chi connectivity index (χ0v) is 12.3. The Kier molecular flexibility index (Phi) is 3.99. The van der Waals surface area contributed by atoms with Crippen LogP contribution in [0, 0.1) is 6.92 Å². The number of carbonyl (C=O) groups is 1. The summed E-state index contributed by atoms with van der Waals surface area (Å²) in [5.74, 6) is -0.0678. The minimum atomic E-state index is -0.0678. The Morgan fingerprint density at radius 3 is 2.84 bits per heavy atom. The number of amides is 1. The Labute approximate surface area is 118 Å². The molecule has 1 amide bonds. The molecule has 0 bridgehead atoms. The predicted octanol–water partition coefficient (Wildman–Crippen LogP) is 1.59. The average Bonchev–Trinajstić information content (AvgIpc) is 2.80. The van der Waals surface area contributed by atoms with Crippen LogP contribution in [0.4, 0.5) is 0 Å². The third-order valence-corrected chi connectivity index (χ3v) is 3.44. The molecule has 1 aromatic rings. The zero-order chi connectivity index (χ0) is 14.0. The fourth-order valence-corrected chi connectivity index (χ4v) is 2.18. The Balaban J connectivity index is 2.18. The van der Waals surface area contributed by atoms with Crippen LogP contribution in [-0.2, 0) is 11.8 Å². The van der Waals surface area contributed by atoms with E-state index in [2.05, 4.69) is 17.3 Å². The molecular weight excluding hydrogens is 260 g/mol. The van der Waals surface area contributed by atoms with Gasteiger partial charge in [-0.2, -0.15) is 5.10 Å². The number of aryl methyl sites for hydroxylation is 2. The van der Waals surface area contributed by atoms with Crippen LogP contribution in [0.3, 0.4) is 0 Å². The van der Waals surface area contributed by atoms with Crippen LogP contribution in [0.2, 0.25) is 0 Å². The van der Waals surface area contributed by atoms with Crippen molar-refractivity contribution < 1.29 is 4.79 Å². The van der Waals surface area contributed by atoms with Crippen molar-refractivity contribution in [1.29, 1.82) is 0 Å². The van der Waals surface area contributed by atoms with Gasteiger partial charge in [0.25, 0.3) is 5.91 Å². The first-order valence-electron chi connectivity index (χ1n) is 6.38. The van der Waals surface area contributed by atoms with Crippen molar-refractivity contribution in [1.82, 2.24) is 20.0 Å². The molecule has 1 saturated heterocycles. The molecule has 0 aromatic carbocycles. The molecule has 2 heterocycles. The van der Waals surface area contributed by atoms with Crippen molar-refractivity contribution in [3.8, 4) is 0 Å². The molecule has 1 N–H and O–H groups in total. The average molecular weight is 278 g/mol. The Bertz CT molecular complexity index is 527. The van der Waals surface area contributed by atoms with Crippen molar-refractivity contribution in [2.45, 2.75) is 26.7 Å². The van der Waals surface area contributed by atoms with E-state index in [1.165, 1.54) is 0 Å². The highest BCUT2D eigenvalue weighted by Crippen LogP contribution is 2.14. The number of hydrogen-bond donors (Lipinski definition) is 1. The van der Waals surface area contributed by atoms with Gasteiger partial charge < -0.3 is 5.32 Å². The molecule has 0 unspecified atom stereocenters. The number of carbonyl (C=O) groups excluding carboxylic acids is 1. The first kappa shape index (κ1) is 13.7. The van der Waals surface area contributed by atoms with Gasteiger partial charge in [-0.1, -0.05) is 13.3 Å². The molecular formula is C13H18N4OS. The van der Waals surface area contributed by atoms with Gasteiger partial charge in [0.2, 0.25) is 0 Å². The Morgan fingerprint density at radius 1 is 1.53 bits per heavy atom. The molecule has 5 nitrogen and oxygen atoms in total. The maximum Gasteiger partial charge on any atom is 0.276 e. The fourth-order valence-electron chi connectivity index (χ4n) is 1.90. The summed E-state index contributed by atoms with van der Waals surface area (Å²) in [5.41, 5.74) is 2.30. The predicted molar refractivity (Wildman–Crippen MR) is 78.3 cm³/mol. The number of rotatable bonds is 4. The summed E-state index contributed by atoms with van der Waals surface area (Å²) in [5, 5.41) is 7.75. The maximum atomic E-state index is 12.2. The summed E-state index contributed by atoms with van der Waals surface area (Å²) in [6, 6.07) is 1.93. The second-order valence-corrected chi connectivity index (χ2v) is 5.02. The van der Waals surface area contributed by atoms with Crippen molar-refractivity contribution in [3.63, 3.8) is 0 Å². The number of nitrogens with zero attached hydrogens (tertiary/aromatic N) is 3. The topological polar surface area (TPSA) is 50.2 Å². The van der Waals surface area contributed by atoms with E-state index < -0.39 is 0 Å². The number of hydrogen-bond acceptors (Lipinski definition) is 3. The van der Waals surface area contributed by atoms with E-state index in [0.29, 0.717) is 17.4 Å². The van der Waals surface area contributed by atoms with Crippen LogP contribution < -0.4 is 5.32 Å². The number of thiocarbonyl (C=S) groups is 1. The van der Waals surface area contributed by atoms with Crippen LogP contribution in [-0.4, -0.2) is 32.2 Å². The fraction of sp³-hybridized carbons (Fsp3) is 0.462. The molecule has 19 heavy (non-hydrogen) atoms. The van der Waals surface area contributed by atoms with Crippen molar-refractivity contribution >= 4 is 29.3 Å². The summed E-state index contributed by atoms with van der Waals surface area (Å²) >= 11 is 5.18. The zero-order valence-electron chi connectivity index (χ0n) is 11.4. The molecule has 0 atom stereocenters. The van der Waals surface area contributed by atoms with Crippen LogP contribution in [0.25, 0.3) is 6.08 Å². The van der Waals surface area contributed by atoms with Gasteiger partial charge in [0.1, 0.15) is 5.70 Å². The number of nitrogens with one attached hydrogen (secondary N) is 1. The molecule has 0 spiro atoms. The van der Waals surface area contributed by atoms with Gasteiger partial charge >= 0.3 is 0 Å². The van der Waals surface area contributed by atoms with Gasteiger partial charge in [-0.25, -0.2) is 0 Å². The summed E-state index contributed by atoms with van der Waals surface area (Å²) in [6.07, 6.45) is 3.72.